The highest BCUT2D eigenvalue weighted by atomic mass is 16.4. The molecule has 0 amide bonds. The molecule has 0 radical (unpaired) electrons. The highest BCUT2D eigenvalue weighted by Gasteiger charge is 2.30. The van der Waals surface area contributed by atoms with Crippen LogP contribution in [0.1, 0.15) is 74.6 Å². The highest BCUT2D eigenvalue weighted by Crippen LogP contribution is 2.33. The van der Waals surface area contributed by atoms with E-state index in [-0.39, 0.29) is 5.56 Å². The van der Waals surface area contributed by atoms with Crippen LogP contribution in [0.15, 0.2) is 36.5 Å². The van der Waals surface area contributed by atoms with Crippen molar-refractivity contribution in [3.63, 3.8) is 0 Å². The number of nitrogens with one attached hydrogen (secondary N) is 1. The summed E-state index contributed by atoms with van der Waals surface area (Å²) in [5.74, 6) is 0.468. The molecule has 0 atom stereocenters. The normalized spacial score (nSPS) is 18.3. The van der Waals surface area contributed by atoms with Gasteiger partial charge in [-0.3, -0.25) is 0 Å². The van der Waals surface area contributed by atoms with E-state index in [9.17, 15) is 9.90 Å². The number of aromatic carboxylic acids is 1. The van der Waals surface area contributed by atoms with Gasteiger partial charge in [-0.25, -0.2) is 9.78 Å². The number of para-hydroxylation sites is 1. The minimum atomic E-state index is -0.951. The van der Waals surface area contributed by atoms with Gasteiger partial charge >= 0.3 is 5.97 Å². The third-order valence-electron chi connectivity index (χ3n) is 6.23. The van der Waals surface area contributed by atoms with Crippen LogP contribution in [0.2, 0.25) is 0 Å². The van der Waals surface area contributed by atoms with Crippen molar-refractivity contribution in [3.05, 3.63) is 42.1 Å². The van der Waals surface area contributed by atoms with Gasteiger partial charge in [-0.2, -0.15) is 4.98 Å². The van der Waals surface area contributed by atoms with Crippen LogP contribution < -0.4 is 10.2 Å². The van der Waals surface area contributed by atoms with Gasteiger partial charge in [0.2, 0.25) is 5.95 Å². The number of aromatic nitrogens is 2. The molecule has 1 aromatic carbocycles. The van der Waals surface area contributed by atoms with Gasteiger partial charge in [0.25, 0.3) is 0 Å². The van der Waals surface area contributed by atoms with E-state index in [1.165, 1.54) is 64.2 Å². The molecule has 1 heterocycles. The smallest absolute Gasteiger partial charge is 0.337 e. The zero-order chi connectivity index (χ0) is 20.1. The number of hydrogen-bond donors (Lipinski definition) is 2. The molecule has 2 aliphatic rings. The van der Waals surface area contributed by atoms with Gasteiger partial charge in [0, 0.05) is 18.3 Å². The van der Waals surface area contributed by atoms with Crippen LogP contribution in [-0.4, -0.2) is 33.1 Å². The molecule has 0 spiro atoms. The first kappa shape index (κ1) is 19.7. The maximum Gasteiger partial charge on any atom is 0.337 e. The molecule has 0 unspecified atom stereocenters. The van der Waals surface area contributed by atoms with Crippen molar-refractivity contribution in [1.82, 2.24) is 9.97 Å². The number of nitrogens with zero attached hydrogens (tertiary/aromatic N) is 3. The number of carboxylic acids is 1. The summed E-state index contributed by atoms with van der Waals surface area (Å²) in [5.41, 5.74) is 0.788. The Hall–Kier alpha value is -2.63. The largest absolute Gasteiger partial charge is 0.478 e. The summed E-state index contributed by atoms with van der Waals surface area (Å²) in [6, 6.07) is 9.75. The van der Waals surface area contributed by atoms with Crippen LogP contribution in [0.25, 0.3) is 0 Å². The molecular formula is C23H30N4O2. The molecule has 29 heavy (non-hydrogen) atoms. The average molecular weight is 395 g/mol. The van der Waals surface area contributed by atoms with Crippen molar-refractivity contribution < 1.29 is 9.90 Å². The Kier molecular flexibility index (Phi) is 6.27. The van der Waals surface area contributed by atoms with E-state index >= 15 is 0 Å². The zero-order valence-corrected chi connectivity index (χ0v) is 16.9. The molecular weight excluding hydrogens is 364 g/mol. The standard InChI is InChI=1S/C23H30N4O2/c28-22(29)19-13-7-8-14-20(19)25-21-15-16-24-23(26-21)27(17-9-3-1-4-10-17)18-11-5-2-6-12-18/h7-8,13-18H,1-6,9-12H2,(H,28,29)(H,24,25,26). The van der Waals surface area contributed by atoms with Gasteiger partial charge in [0.05, 0.1) is 11.3 Å². The topological polar surface area (TPSA) is 78.3 Å². The van der Waals surface area contributed by atoms with Crippen molar-refractivity contribution in [1.29, 1.82) is 0 Å². The Labute approximate surface area is 172 Å². The summed E-state index contributed by atoms with van der Waals surface area (Å²) in [6.07, 6.45) is 14.4. The number of carbonyl (C=O) groups is 1. The Morgan fingerprint density at radius 1 is 0.931 bits per heavy atom. The Balaban J connectivity index is 1.61. The molecule has 6 nitrogen and oxygen atoms in total. The van der Waals surface area contributed by atoms with Gasteiger partial charge in [-0.05, 0) is 43.9 Å². The van der Waals surface area contributed by atoms with E-state index < -0.39 is 5.97 Å². The van der Waals surface area contributed by atoms with Crippen LogP contribution in [0, 0.1) is 0 Å². The highest BCUT2D eigenvalue weighted by molar-refractivity contribution is 5.94. The second-order valence-corrected chi connectivity index (χ2v) is 8.21. The predicted octanol–water partition coefficient (Wildman–Crippen LogP) is 5.39. The first-order valence-corrected chi connectivity index (χ1v) is 10.9. The van der Waals surface area contributed by atoms with Crippen LogP contribution in [-0.2, 0) is 0 Å². The van der Waals surface area contributed by atoms with E-state index in [2.05, 4.69) is 15.2 Å². The van der Waals surface area contributed by atoms with Crippen molar-refractivity contribution >= 4 is 23.4 Å². The van der Waals surface area contributed by atoms with Crippen molar-refractivity contribution in [2.75, 3.05) is 10.2 Å². The minimum absolute atomic E-state index is 0.240. The molecule has 1 aromatic heterocycles. The predicted molar refractivity (Wildman–Crippen MR) is 115 cm³/mol. The molecule has 2 N–H and O–H groups in total. The first-order chi connectivity index (χ1) is 14.2. The second-order valence-electron chi connectivity index (χ2n) is 8.21. The summed E-state index contributed by atoms with van der Waals surface area (Å²) in [4.78, 5) is 23.5. The van der Waals surface area contributed by atoms with Crippen LogP contribution in [0.5, 0.6) is 0 Å². The lowest BCUT2D eigenvalue weighted by Crippen LogP contribution is -2.46. The van der Waals surface area contributed by atoms with Gasteiger partial charge < -0.3 is 15.3 Å². The number of hydrogen-bond acceptors (Lipinski definition) is 5. The monoisotopic (exact) mass is 394 g/mol. The van der Waals surface area contributed by atoms with Crippen molar-refractivity contribution in [2.45, 2.75) is 76.3 Å². The van der Waals surface area contributed by atoms with Crippen LogP contribution >= 0.6 is 0 Å². The molecule has 4 rings (SSSR count). The number of carboxylic acid groups (broad SMARTS) is 1. The third kappa shape index (κ3) is 4.69. The first-order valence-electron chi connectivity index (χ1n) is 10.9. The number of rotatable bonds is 6. The molecule has 0 saturated heterocycles. The lowest BCUT2D eigenvalue weighted by molar-refractivity contribution is 0.0698. The molecule has 154 valence electrons. The number of anilines is 3. The molecule has 0 bridgehead atoms. The van der Waals surface area contributed by atoms with Gasteiger partial charge in [0.1, 0.15) is 5.82 Å². The summed E-state index contributed by atoms with van der Waals surface area (Å²) >= 11 is 0. The fraction of sp³-hybridized carbons (Fsp3) is 0.522. The zero-order valence-electron chi connectivity index (χ0n) is 16.9. The Bertz CT molecular complexity index is 811. The lowest BCUT2D eigenvalue weighted by atomic mass is 9.89. The summed E-state index contributed by atoms with van der Waals surface area (Å²) in [5, 5.41) is 12.6. The molecule has 2 aliphatic carbocycles. The molecule has 2 saturated carbocycles. The van der Waals surface area contributed by atoms with Crippen LogP contribution in [0.3, 0.4) is 0 Å². The summed E-state index contributed by atoms with van der Waals surface area (Å²) in [6.45, 7) is 0. The van der Waals surface area contributed by atoms with E-state index in [0.717, 1.165) is 5.95 Å². The fourth-order valence-electron chi connectivity index (χ4n) is 4.80. The van der Waals surface area contributed by atoms with E-state index in [4.69, 9.17) is 4.98 Å². The quantitative estimate of drug-likeness (QED) is 0.684. The molecule has 6 heteroatoms. The maximum absolute atomic E-state index is 11.5. The lowest BCUT2D eigenvalue weighted by Gasteiger charge is -2.41. The molecule has 2 fully saturated rings. The van der Waals surface area contributed by atoms with Gasteiger partial charge in [-0.15, -0.1) is 0 Å². The van der Waals surface area contributed by atoms with E-state index in [1.807, 2.05) is 12.1 Å². The Morgan fingerprint density at radius 3 is 2.17 bits per heavy atom. The number of benzene rings is 1. The van der Waals surface area contributed by atoms with Gasteiger partial charge in [-0.1, -0.05) is 50.7 Å². The molecule has 0 aliphatic heterocycles. The average Bonchev–Trinajstić information content (AvgIpc) is 2.76. The summed E-state index contributed by atoms with van der Waals surface area (Å²) in [7, 11) is 0. The van der Waals surface area contributed by atoms with Crippen molar-refractivity contribution in [3.8, 4) is 0 Å². The SMILES string of the molecule is O=C(O)c1ccccc1Nc1ccnc(N(C2CCCCC2)C2CCCCC2)n1. The van der Waals surface area contributed by atoms with Crippen LogP contribution in [0.4, 0.5) is 17.5 Å². The molecule has 2 aromatic rings. The van der Waals surface area contributed by atoms with E-state index in [0.29, 0.717) is 23.6 Å². The second kappa shape index (κ2) is 9.25. The summed E-state index contributed by atoms with van der Waals surface area (Å²) < 4.78 is 0. The third-order valence-corrected chi connectivity index (χ3v) is 6.23. The van der Waals surface area contributed by atoms with E-state index in [1.54, 1.807) is 24.4 Å². The van der Waals surface area contributed by atoms with Crippen molar-refractivity contribution in [2.24, 2.45) is 0 Å². The maximum atomic E-state index is 11.5. The van der Waals surface area contributed by atoms with Gasteiger partial charge in [0.15, 0.2) is 0 Å². The fourth-order valence-corrected chi connectivity index (χ4v) is 4.80. The Morgan fingerprint density at radius 2 is 1.55 bits per heavy atom. The minimum Gasteiger partial charge on any atom is -0.478 e.